The molecule has 2 heterocycles. The molecule has 7 heteroatoms. The molecule has 0 amide bonds. The van der Waals surface area contributed by atoms with E-state index in [2.05, 4.69) is 9.97 Å². The Morgan fingerprint density at radius 3 is 2.63 bits per heavy atom. The Kier molecular flexibility index (Phi) is 5.94. The van der Waals surface area contributed by atoms with Gasteiger partial charge in [0.2, 0.25) is 0 Å². The first kappa shape index (κ1) is 18.3. The number of carbonyl (C=O) groups excluding carboxylic acids is 2. The lowest BCUT2D eigenvalue weighted by Crippen LogP contribution is -2.17. The number of esters is 1. The first-order valence-corrected chi connectivity index (χ1v) is 8.50. The summed E-state index contributed by atoms with van der Waals surface area (Å²) < 4.78 is 12.5. The normalized spacial score (nSPS) is 10.4. The number of nitrogens with zero attached hydrogens (tertiary/aromatic N) is 3. The number of imidazole rings is 1. The summed E-state index contributed by atoms with van der Waals surface area (Å²) in [6.07, 6.45) is 7.01. The Labute approximate surface area is 156 Å². The van der Waals surface area contributed by atoms with Crippen molar-refractivity contribution in [2.45, 2.75) is 20.1 Å². The molecule has 0 spiro atoms. The minimum atomic E-state index is -0.846. The number of rotatable bonds is 8. The molecule has 0 radical (unpaired) electrons. The lowest BCUT2D eigenvalue weighted by atomic mass is 10.1. The largest absolute Gasteiger partial charge is 0.487 e. The zero-order valence-electron chi connectivity index (χ0n) is 14.9. The lowest BCUT2D eigenvalue weighted by molar-refractivity contribution is -0.137. The van der Waals surface area contributed by atoms with Crippen molar-refractivity contribution >= 4 is 11.8 Å². The number of hydrogen-bond acceptors (Lipinski definition) is 6. The SMILES string of the molecule is CCOC(=O)C(=O)c1ccc(COc2cccnc2Cn2ccnc2)cc1. The van der Waals surface area contributed by atoms with Gasteiger partial charge in [-0.15, -0.1) is 0 Å². The van der Waals surface area contributed by atoms with Crippen LogP contribution in [-0.2, 0) is 22.7 Å². The molecule has 0 aliphatic heterocycles. The zero-order valence-corrected chi connectivity index (χ0v) is 14.9. The Balaban J connectivity index is 1.64. The molecule has 0 bridgehead atoms. The van der Waals surface area contributed by atoms with Gasteiger partial charge in [-0.2, -0.15) is 0 Å². The molecule has 0 aliphatic carbocycles. The van der Waals surface area contributed by atoms with Crippen LogP contribution in [0.2, 0.25) is 0 Å². The molecule has 138 valence electrons. The van der Waals surface area contributed by atoms with E-state index in [1.165, 1.54) is 0 Å². The number of benzene rings is 1. The van der Waals surface area contributed by atoms with E-state index in [0.29, 0.717) is 24.5 Å². The average Bonchev–Trinajstić information content (AvgIpc) is 3.20. The first-order chi connectivity index (χ1) is 13.2. The first-order valence-electron chi connectivity index (χ1n) is 8.50. The van der Waals surface area contributed by atoms with E-state index >= 15 is 0 Å². The Morgan fingerprint density at radius 1 is 1.11 bits per heavy atom. The minimum absolute atomic E-state index is 0.170. The van der Waals surface area contributed by atoms with Crippen LogP contribution in [0.15, 0.2) is 61.3 Å². The van der Waals surface area contributed by atoms with Crippen molar-refractivity contribution < 1.29 is 19.1 Å². The van der Waals surface area contributed by atoms with Crippen molar-refractivity contribution in [3.05, 3.63) is 78.1 Å². The highest BCUT2D eigenvalue weighted by Gasteiger charge is 2.17. The van der Waals surface area contributed by atoms with E-state index in [1.54, 1.807) is 49.9 Å². The van der Waals surface area contributed by atoms with Gasteiger partial charge < -0.3 is 14.0 Å². The highest BCUT2D eigenvalue weighted by molar-refractivity contribution is 6.40. The molecule has 0 N–H and O–H groups in total. The van der Waals surface area contributed by atoms with E-state index < -0.39 is 11.8 Å². The Bertz CT molecular complexity index is 905. The molecule has 0 saturated carbocycles. The summed E-state index contributed by atoms with van der Waals surface area (Å²) in [5.41, 5.74) is 1.96. The Morgan fingerprint density at radius 2 is 1.93 bits per heavy atom. The van der Waals surface area contributed by atoms with Crippen LogP contribution in [0.4, 0.5) is 0 Å². The quantitative estimate of drug-likeness (QED) is 0.347. The molecule has 0 fully saturated rings. The number of Topliss-reactive ketones (excluding diaryl/α,β-unsaturated/α-hetero) is 1. The van der Waals surface area contributed by atoms with Crippen LogP contribution in [0, 0.1) is 0 Å². The number of ketones is 1. The molecule has 27 heavy (non-hydrogen) atoms. The van der Waals surface area contributed by atoms with Gasteiger partial charge in [-0.05, 0) is 24.6 Å². The third-order valence-electron chi connectivity index (χ3n) is 3.81. The second-order valence-electron chi connectivity index (χ2n) is 5.72. The maximum Gasteiger partial charge on any atom is 0.379 e. The number of ether oxygens (including phenoxy) is 2. The average molecular weight is 365 g/mol. The number of aromatic nitrogens is 3. The van der Waals surface area contributed by atoms with Crippen molar-refractivity contribution in [1.29, 1.82) is 0 Å². The topological polar surface area (TPSA) is 83.3 Å². The predicted molar refractivity (Wildman–Crippen MR) is 97.3 cm³/mol. The van der Waals surface area contributed by atoms with Crippen LogP contribution in [0.1, 0.15) is 28.5 Å². The third kappa shape index (κ3) is 4.78. The van der Waals surface area contributed by atoms with Crippen LogP contribution >= 0.6 is 0 Å². The second kappa shape index (κ2) is 8.75. The predicted octanol–water partition coefficient (Wildman–Crippen LogP) is 2.65. The summed E-state index contributed by atoms with van der Waals surface area (Å²) >= 11 is 0. The Hall–Kier alpha value is -3.48. The summed E-state index contributed by atoms with van der Waals surface area (Å²) in [5, 5.41) is 0. The molecule has 3 aromatic rings. The molecular formula is C20H19N3O4. The van der Waals surface area contributed by atoms with Crippen LogP contribution in [-0.4, -0.2) is 32.9 Å². The number of carbonyl (C=O) groups is 2. The molecule has 0 unspecified atom stereocenters. The molecule has 7 nitrogen and oxygen atoms in total. The van der Waals surface area contributed by atoms with Crippen molar-refractivity contribution in [3.63, 3.8) is 0 Å². The fourth-order valence-corrected chi connectivity index (χ4v) is 2.45. The molecule has 2 aromatic heterocycles. The van der Waals surface area contributed by atoms with Crippen LogP contribution in [0.5, 0.6) is 5.75 Å². The van der Waals surface area contributed by atoms with E-state index in [-0.39, 0.29) is 6.61 Å². The van der Waals surface area contributed by atoms with Crippen LogP contribution in [0.25, 0.3) is 0 Å². The summed E-state index contributed by atoms with van der Waals surface area (Å²) in [7, 11) is 0. The molecule has 1 aromatic carbocycles. The van der Waals surface area contributed by atoms with Gasteiger partial charge >= 0.3 is 5.97 Å². The van der Waals surface area contributed by atoms with Crippen molar-refractivity contribution in [3.8, 4) is 5.75 Å². The number of hydrogen-bond donors (Lipinski definition) is 0. The number of pyridine rings is 1. The molecule has 3 rings (SSSR count). The maximum absolute atomic E-state index is 11.9. The fourth-order valence-electron chi connectivity index (χ4n) is 2.45. The zero-order chi connectivity index (χ0) is 19.1. The smallest absolute Gasteiger partial charge is 0.379 e. The summed E-state index contributed by atoms with van der Waals surface area (Å²) in [6, 6.07) is 10.4. The highest BCUT2D eigenvalue weighted by atomic mass is 16.5. The second-order valence-corrected chi connectivity index (χ2v) is 5.72. The van der Waals surface area contributed by atoms with Gasteiger partial charge in [0, 0.05) is 24.2 Å². The van der Waals surface area contributed by atoms with Crippen LogP contribution < -0.4 is 4.74 Å². The highest BCUT2D eigenvalue weighted by Crippen LogP contribution is 2.18. The van der Waals surface area contributed by atoms with E-state index in [1.807, 2.05) is 22.9 Å². The van der Waals surface area contributed by atoms with E-state index in [9.17, 15) is 9.59 Å². The maximum atomic E-state index is 11.9. The molecular weight excluding hydrogens is 346 g/mol. The summed E-state index contributed by atoms with van der Waals surface area (Å²) in [6.45, 7) is 2.70. The van der Waals surface area contributed by atoms with Crippen LogP contribution in [0.3, 0.4) is 0 Å². The fraction of sp³-hybridized carbons (Fsp3) is 0.200. The van der Waals surface area contributed by atoms with Gasteiger partial charge in [-0.25, -0.2) is 9.78 Å². The third-order valence-corrected chi connectivity index (χ3v) is 3.81. The monoisotopic (exact) mass is 365 g/mol. The molecule has 0 saturated heterocycles. The molecule has 0 atom stereocenters. The van der Waals surface area contributed by atoms with Crippen molar-refractivity contribution in [2.75, 3.05) is 6.61 Å². The lowest BCUT2D eigenvalue weighted by Gasteiger charge is -2.11. The van der Waals surface area contributed by atoms with Gasteiger partial charge in [0.25, 0.3) is 5.78 Å². The summed E-state index contributed by atoms with van der Waals surface area (Å²) in [4.78, 5) is 31.8. The van der Waals surface area contributed by atoms with Gasteiger partial charge in [0.05, 0.1) is 19.5 Å². The van der Waals surface area contributed by atoms with Gasteiger partial charge in [-0.1, -0.05) is 24.3 Å². The minimum Gasteiger partial charge on any atom is -0.487 e. The van der Waals surface area contributed by atoms with Gasteiger partial charge in [0.15, 0.2) is 0 Å². The summed E-state index contributed by atoms with van der Waals surface area (Å²) in [5.74, 6) is -0.821. The van der Waals surface area contributed by atoms with Gasteiger partial charge in [-0.3, -0.25) is 9.78 Å². The van der Waals surface area contributed by atoms with Crippen molar-refractivity contribution in [2.24, 2.45) is 0 Å². The molecule has 0 aliphatic rings. The van der Waals surface area contributed by atoms with E-state index in [0.717, 1.165) is 11.3 Å². The standard InChI is InChI=1S/C20H19N3O4/c1-2-26-20(25)19(24)16-7-5-15(6-8-16)13-27-18-4-3-9-22-17(18)12-23-11-10-21-14-23/h3-11,14H,2,12-13H2,1H3. The van der Waals surface area contributed by atoms with Gasteiger partial charge in [0.1, 0.15) is 18.1 Å². The van der Waals surface area contributed by atoms with Crippen molar-refractivity contribution in [1.82, 2.24) is 14.5 Å². The van der Waals surface area contributed by atoms with E-state index in [4.69, 9.17) is 9.47 Å².